The Hall–Kier alpha value is -0.860. The molecule has 2 heteroatoms. The van der Waals surface area contributed by atoms with E-state index in [9.17, 15) is 0 Å². The average Bonchev–Trinajstić information content (AvgIpc) is 2.48. The number of hydrogen-bond donors (Lipinski definition) is 0. The molecule has 2 saturated heterocycles. The number of rotatable bonds is 3. The molecule has 2 aliphatic heterocycles. The zero-order chi connectivity index (χ0) is 14.7. The standard InChI is InChI=1S/C19H30N2/c1-16-12-17(2)14-21(13-16)19-8-10-20(11-9-19)15-18-6-4-3-5-7-18/h3-7,16-17,19H,8-15H2,1-2H3/t16-,17-/m1/s1. The van der Waals surface area contributed by atoms with Gasteiger partial charge in [0.15, 0.2) is 0 Å². The van der Waals surface area contributed by atoms with Crippen LogP contribution in [0.5, 0.6) is 0 Å². The summed E-state index contributed by atoms with van der Waals surface area (Å²) in [4.78, 5) is 5.42. The van der Waals surface area contributed by atoms with E-state index in [1.165, 1.54) is 51.0 Å². The van der Waals surface area contributed by atoms with E-state index in [0.29, 0.717) is 0 Å². The molecule has 2 aliphatic rings. The van der Waals surface area contributed by atoms with E-state index in [-0.39, 0.29) is 0 Å². The summed E-state index contributed by atoms with van der Waals surface area (Å²) >= 11 is 0. The van der Waals surface area contributed by atoms with Crippen molar-refractivity contribution in [3.63, 3.8) is 0 Å². The first-order valence-corrected chi connectivity index (χ1v) is 8.71. The maximum absolute atomic E-state index is 2.79. The molecule has 0 amide bonds. The second kappa shape index (κ2) is 6.93. The Balaban J connectivity index is 1.48. The molecule has 0 bridgehead atoms. The fourth-order valence-electron chi connectivity index (χ4n) is 4.29. The van der Waals surface area contributed by atoms with Crippen molar-refractivity contribution < 1.29 is 0 Å². The molecule has 0 radical (unpaired) electrons. The maximum atomic E-state index is 2.79. The Morgan fingerprint density at radius 1 is 0.952 bits per heavy atom. The number of piperidine rings is 2. The summed E-state index contributed by atoms with van der Waals surface area (Å²) in [5.41, 5.74) is 1.45. The second-order valence-corrected chi connectivity index (χ2v) is 7.39. The topological polar surface area (TPSA) is 6.48 Å². The second-order valence-electron chi connectivity index (χ2n) is 7.39. The Bertz CT molecular complexity index is 412. The van der Waals surface area contributed by atoms with Crippen LogP contribution in [0.15, 0.2) is 30.3 Å². The van der Waals surface area contributed by atoms with Gasteiger partial charge in [-0.3, -0.25) is 9.80 Å². The van der Waals surface area contributed by atoms with Crippen molar-refractivity contribution in [3.8, 4) is 0 Å². The molecule has 2 nitrogen and oxygen atoms in total. The van der Waals surface area contributed by atoms with E-state index < -0.39 is 0 Å². The van der Waals surface area contributed by atoms with Gasteiger partial charge in [-0.2, -0.15) is 0 Å². The lowest BCUT2D eigenvalue weighted by Gasteiger charge is -2.43. The third kappa shape index (κ3) is 4.08. The van der Waals surface area contributed by atoms with E-state index in [1.807, 2.05) is 0 Å². The molecule has 2 heterocycles. The van der Waals surface area contributed by atoms with Gasteiger partial charge in [-0.05, 0) is 49.8 Å². The summed E-state index contributed by atoms with van der Waals surface area (Å²) in [5, 5.41) is 0. The van der Waals surface area contributed by atoms with Crippen LogP contribution >= 0.6 is 0 Å². The van der Waals surface area contributed by atoms with Gasteiger partial charge >= 0.3 is 0 Å². The molecule has 0 aromatic heterocycles. The van der Waals surface area contributed by atoms with Gasteiger partial charge in [0, 0.05) is 25.7 Å². The maximum Gasteiger partial charge on any atom is 0.0233 e. The van der Waals surface area contributed by atoms with Crippen molar-refractivity contribution in [1.82, 2.24) is 9.80 Å². The van der Waals surface area contributed by atoms with Crippen LogP contribution in [0.4, 0.5) is 0 Å². The molecule has 3 rings (SSSR count). The minimum absolute atomic E-state index is 0.835. The van der Waals surface area contributed by atoms with E-state index in [0.717, 1.165) is 24.4 Å². The monoisotopic (exact) mass is 286 g/mol. The predicted molar refractivity (Wildman–Crippen MR) is 89.3 cm³/mol. The first kappa shape index (κ1) is 15.1. The van der Waals surface area contributed by atoms with Crippen molar-refractivity contribution in [2.24, 2.45) is 11.8 Å². The van der Waals surface area contributed by atoms with Gasteiger partial charge in [0.05, 0.1) is 0 Å². The van der Waals surface area contributed by atoms with Crippen LogP contribution in [-0.2, 0) is 6.54 Å². The first-order valence-electron chi connectivity index (χ1n) is 8.71. The molecule has 0 saturated carbocycles. The van der Waals surface area contributed by atoms with Crippen LogP contribution in [0, 0.1) is 11.8 Å². The lowest BCUT2D eigenvalue weighted by molar-refractivity contribution is 0.0530. The molecular weight excluding hydrogens is 256 g/mol. The third-order valence-electron chi connectivity index (χ3n) is 5.22. The fraction of sp³-hybridized carbons (Fsp3) is 0.684. The minimum atomic E-state index is 0.835. The highest BCUT2D eigenvalue weighted by molar-refractivity contribution is 5.14. The van der Waals surface area contributed by atoms with Gasteiger partial charge in [0.25, 0.3) is 0 Å². The predicted octanol–water partition coefficient (Wildman–Crippen LogP) is 3.63. The van der Waals surface area contributed by atoms with E-state index in [4.69, 9.17) is 0 Å². The number of likely N-dealkylation sites (tertiary alicyclic amines) is 2. The molecule has 116 valence electrons. The molecule has 0 spiro atoms. The van der Waals surface area contributed by atoms with Crippen LogP contribution in [0.1, 0.15) is 38.7 Å². The smallest absolute Gasteiger partial charge is 0.0233 e. The summed E-state index contributed by atoms with van der Waals surface area (Å²) in [6.45, 7) is 11.2. The first-order chi connectivity index (χ1) is 10.2. The van der Waals surface area contributed by atoms with Crippen molar-refractivity contribution in [2.45, 2.75) is 45.7 Å². The fourth-order valence-corrected chi connectivity index (χ4v) is 4.29. The molecule has 0 N–H and O–H groups in total. The largest absolute Gasteiger partial charge is 0.300 e. The van der Waals surface area contributed by atoms with Gasteiger partial charge < -0.3 is 0 Å². The third-order valence-corrected chi connectivity index (χ3v) is 5.22. The minimum Gasteiger partial charge on any atom is -0.300 e. The van der Waals surface area contributed by atoms with Crippen molar-refractivity contribution >= 4 is 0 Å². The molecule has 1 aromatic rings. The molecule has 0 unspecified atom stereocenters. The molecular formula is C19H30N2. The van der Waals surface area contributed by atoms with Gasteiger partial charge in [0.2, 0.25) is 0 Å². The van der Waals surface area contributed by atoms with Crippen molar-refractivity contribution in [1.29, 1.82) is 0 Å². The highest BCUT2D eigenvalue weighted by atomic mass is 15.2. The summed E-state index contributed by atoms with van der Waals surface area (Å²) in [6, 6.07) is 11.7. The highest BCUT2D eigenvalue weighted by Crippen LogP contribution is 2.26. The lowest BCUT2D eigenvalue weighted by atomic mass is 9.89. The van der Waals surface area contributed by atoms with Gasteiger partial charge in [0.1, 0.15) is 0 Å². The summed E-state index contributed by atoms with van der Waals surface area (Å²) in [7, 11) is 0. The van der Waals surface area contributed by atoms with E-state index in [2.05, 4.69) is 54.0 Å². The highest BCUT2D eigenvalue weighted by Gasteiger charge is 2.29. The lowest BCUT2D eigenvalue weighted by Crippen LogP contribution is -2.49. The van der Waals surface area contributed by atoms with Crippen LogP contribution in [0.2, 0.25) is 0 Å². The van der Waals surface area contributed by atoms with Crippen molar-refractivity contribution in [2.75, 3.05) is 26.2 Å². The zero-order valence-electron chi connectivity index (χ0n) is 13.7. The number of hydrogen-bond acceptors (Lipinski definition) is 2. The summed E-state index contributed by atoms with van der Waals surface area (Å²) in [5.74, 6) is 1.77. The SMILES string of the molecule is C[C@@H]1C[C@@H](C)CN(C2CCN(Cc3ccccc3)CC2)C1. The Labute approximate surface area is 130 Å². The normalized spacial score (nSPS) is 29.6. The van der Waals surface area contributed by atoms with Crippen molar-refractivity contribution in [3.05, 3.63) is 35.9 Å². The van der Waals surface area contributed by atoms with Gasteiger partial charge in [-0.1, -0.05) is 44.2 Å². The number of nitrogens with zero attached hydrogens (tertiary/aromatic N) is 2. The Morgan fingerprint density at radius 3 is 2.19 bits per heavy atom. The quantitative estimate of drug-likeness (QED) is 0.837. The van der Waals surface area contributed by atoms with Crippen LogP contribution in [0.25, 0.3) is 0 Å². The molecule has 1 aromatic carbocycles. The molecule has 2 atom stereocenters. The summed E-state index contributed by atoms with van der Waals surface area (Å²) < 4.78 is 0. The average molecular weight is 286 g/mol. The molecule has 0 aliphatic carbocycles. The zero-order valence-corrected chi connectivity index (χ0v) is 13.7. The van der Waals surface area contributed by atoms with E-state index >= 15 is 0 Å². The Morgan fingerprint density at radius 2 is 1.57 bits per heavy atom. The van der Waals surface area contributed by atoms with Gasteiger partial charge in [-0.25, -0.2) is 0 Å². The van der Waals surface area contributed by atoms with Crippen LogP contribution in [0.3, 0.4) is 0 Å². The molecule has 21 heavy (non-hydrogen) atoms. The molecule has 2 fully saturated rings. The summed E-state index contributed by atoms with van der Waals surface area (Å²) in [6.07, 6.45) is 4.13. The van der Waals surface area contributed by atoms with Crippen LogP contribution < -0.4 is 0 Å². The number of benzene rings is 1. The Kier molecular flexibility index (Phi) is 4.97. The van der Waals surface area contributed by atoms with E-state index in [1.54, 1.807) is 0 Å². The van der Waals surface area contributed by atoms with Gasteiger partial charge in [-0.15, -0.1) is 0 Å². The van der Waals surface area contributed by atoms with Crippen LogP contribution in [-0.4, -0.2) is 42.0 Å².